The number of ether oxygens (including phenoxy) is 1. The first-order chi connectivity index (χ1) is 17.0. The number of benzene rings is 2. The molecule has 2 aliphatic rings. The molecule has 4 aromatic rings. The molecule has 0 saturated carbocycles. The van der Waals surface area contributed by atoms with Gasteiger partial charge >= 0.3 is 0 Å². The molecule has 0 atom stereocenters. The first kappa shape index (κ1) is 21.9. The number of fused-ring (bicyclic) bond motifs is 2. The van der Waals surface area contributed by atoms with E-state index in [4.69, 9.17) is 4.74 Å². The molecule has 2 saturated heterocycles. The number of carbonyl (C=O) groups excluding carboxylic acids is 1. The SMILES string of the molecule is COc1cc2nn(C)cc2cc1NC(=O)c1ccc(N2CC(C3CCNCC3)C2)c2cn(C)nc12. The lowest BCUT2D eigenvalue weighted by Crippen LogP contribution is -2.52. The maximum absolute atomic E-state index is 13.4. The third kappa shape index (κ3) is 3.89. The smallest absolute Gasteiger partial charge is 0.258 e. The highest BCUT2D eigenvalue weighted by molar-refractivity contribution is 6.14. The highest BCUT2D eigenvalue weighted by Crippen LogP contribution is 2.38. The van der Waals surface area contributed by atoms with Crippen molar-refractivity contribution in [3.63, 3.8) is 0 Å². The van der Waals surface area contributed by atoms with Crippen LogP contribution >= 0.6 is 0 Å². The molecule has 2 aromatic heterocycles. The summed E-state index contributed by atoms with van der Waals surface area (Å²) in [6, 6.07) is 7.70. The second-order valence-electron chi connectivity index (χ2n) is 9.82. The van der Waals surface area contributed by atoms with Crippen LogP contribution in [-0.4, -0.2) is 58.8 Å². The third-order valence-electron chi connectivity index (χ3n) is 7.50. The fourth-order valence-electron chi connectivity index (χ4n) is 5.62. The maximum atomic E-state index is 13.4. The van der Waals surface area contributed by atoms with Crippen molar-refractivity contribution >= 4 is 39.1 Å². The molecule has 182 valence electrons. The second-order valence-corrected chi connectivity index (χ2v) is 9.82. The summed E-state index contributed by atoms with van der Waals surface area (Å²) in [6.45, 7) is 4.41. The minimum Gasteiger partial charge on any atom is -0.494 e. The number of carbonyl (C=O) groups is 1. The van der Waals surface area contributed by atoms with E-state index in [-0.39, 0.29) is 5.91 Å². The van der Waals surface area contributed by atoms with Gasteiger partial charge in [0.2, 0.25) is 0 Å². The van der Waals surface area contributed by atoms with E-state index in [1.807, 2.05) is 44.7 Å². The molecule has 0 radical (unpaired) electrons. The molecule has 0 aliphatic carbocycles. The number of hydrogen-bond donors (Lipinski definition) is 2. The van der Waals surface area contributed by atoms with E-state index < -0.39 is 0 Å². The van der Waals surface area contributed by atoms with Crippen LogP contribution in [0.2, 0.25) is 0 Å². The summed E-state index contributed by atoms with van der Waals surface area (Å²) in [7, 11) is 5.37. The van der Waals surface area contributed by atoms with Gasteiger partial charge in [-0.15, -0.1) is 0 Å². The molecule has 2 fully saturated rings. The average molecular weight is 474 g/mol. The van der Waals surface area contributed by atoms with Crippen LogP contribution < -0.4 is 20.3 Å². The van der Waals surface area contributed by atoms with Gasteiger partial charge in [-0.2, -0.15) is 10.2 Å². The van der Waals surface area contributed by atoms with Crippen molar-refractivity contribution in [3.8, 4) is 5.75 Å². The van der Waals surface area contributed by atoms with E-state index in [1.165, 1.54) is 12.8 Å². The maximum Gasteiger partial charge on any atom is 0.258 e. The van der Waals surface area contributed by atoms with Crippen molar-refractivity contribution in [2.75, 3.05) is 43.5 Å². The molecule has 2 aliphatic heterocycles. The summed E-state index contributed by atoms with van der Waals surface area (Å²) in [4.78, 5) is 15.8. The van der Waals surface area contributed by atoms with Gasteiger partial charge in [-0.3, -0.25) is 14.2 Å². The summed E-state index contributed by atoms with van der Waals surface area (Å²) in [5.74, 6) is 1.93. The van der Waals surface area contributed by atoms with Crippen molar-refractivity contribution in [2.24, 2.45) is 25.9 Å². The van der Waals surface area contributed by atoms with Gasteiger partial charge in [0.1, 0.15) is 11.3 Å². The van der Waals surface area contributed by atoms with Gasteiger partial charge in [0, 0.05) is 62.1 Å². The Morgan fingerprint density at radius 1 is 1.06 bits per heavy atom. The van der Waals surface area contributed by atoms with E-state index in [2.05, 4.69) is 31.8 Å². The molecule has 9 heteroatoms. The Morgan fingerprint density at radius 3 is 2.60 bits per heavy atom. The van der Waals surface area contributed by atoms with Crippen molar-refractivity contribution in [3.05, 3.63) is 42.2 Å². The van der Waals surface area contributed by atoms with Crippen LogP contribution in [-0.2, 0) is 14.1 Å². The molecular weight excluding hydrogens is 442 g/mol. The summed E-state index contributed by atoms with van der Waals surface area (Å²) in [5, 5.41) is 17.5. The van der Waals surface area contributed by atoms with Gasteiger partial charge in [-0.25, -0.2) is 0 Å². The molecule has 0 spiro atoms. The third-order valence-corrected chi connectivity index (χ3v) is 7.50. The number of aryl methyl sites for hydroxylation is 2. The minimum absolute atomic E-state index is 0.210. The highest BCUT2D eigenvalue weighted by Gasteiger charge is 2.35. The van der Waals surface area contributed by atoms with Gasteiger partial charge in [0.25, 0.3) is 5.91 Å². The number of amides is 1. The van der Waals surface area contributed by atoms with Gasteiger partial charge < -0.3 is 20.3 Å². The Hall–Kier alpha value is -3.59. The Balaban J connectivity index is 1.27. The number of nitrogens with one attached hydrogen (secondary N) is 2. The number of hydrogen-bond acceptors (Lipinski definition) is 6. The van der Waals surface area contributed by atoms with Crippen LogP contribution in [0, 0.1) is 11.8 Å². The summed E-state index contributed by atoms with van der Waals surface area (Å²) < 4.78 is 9.07. The largest absolute Gasteiger partial charge is 0.494 e. The molecular formula is C26H31N7O2. The molecule has 35 heavy (non-hydrogen) atoms. The number of anilines is 2. The molecule has 1 amide bonds. The molecule has 0 bridgehead atoms. The first-order valence-electron chi connectivity index (χ1n) is 12.2. The monoisotopic (exact) mass is 473 g/mol. The lowest BCUT2D eigenvalue weighted by Gasteiger charge is -2.46. The quantitative estimate of drug-likeness (QED) is 0.463. The lowest BCUT2D eigenvalue weighted by molar-refractivity contribution is 0.102. The Labute approximate surface area is 204 Å². The lowest BCUT2D eigenvalue weighted by atomic mass is 9.79. The predicted octanol–water partition coefficient (Wildman–Crippen LogP) is 3.16. The van der Waals surface area contributed by atoms with Crippen LogP contribution in [0.1, 0.15) is 23.2 Å². The second kappa shape index (κ2) is 8.57. The zero-order chi connectivity index (χ0) is 24.1. The van der Waals surface area contributed by atoms with Crippen molar-refractivity contribution in [1.82, 2.24) is 24.9 Å². The number of rotatable bonds is 5. The van der Waals surface area contributed by atoms with Crippen LogP contribution in [0.3, 0.4) is 0 Å². The van der Waals surface area contributed by atoms with E-state index in [1.54, 1.807) is 16.5 Å². The predicted molar refractivity (Wildman–Crippen MR) is 137 cm³/mol. The van der Waals surface area contributed by atoms with E-state index in [0.717, 1.165) is 60.0 Å². The number of nitrogens with zero attached hydrogens (tertiary/aromatic N) is 5. The zero-order valence-electron chi connectivity index (χ0n) is 20.4. The van der Waals surface area contributed by atoms with Gasteiger partial charge in [0.15, 0.2) is 0 Å². The first-order valence-corrected chi connectivity index (χ1v) is 12.2. The molecule has 6 rings (SSSR count). The van der Waals surface area contributed by atoms with Crippen molar-refractivity contribution in [2.45, 2.75) is 12.8 Å². The van der Waals surface area contributed by atoms with Crippen molar-refractivity contribution in [1.29, 1.82) is 0 Å². The van der Waals surface area contributed by atoms with E-state index in [0.29, 0.717) is 22.5 Å². The summed E-state index contributed by atoms with van der Waals surface area (Å²) in [6.07, 6.45) is 6.48. The van der Waals surface area contributed by atoms with Crippen LogP contribution in [0.15, 0.2) is 36.7 Å². The molecule has 2 aromatic carbocycles. The van der Waals surface area contributed by atoms with E-state index >= 15 is 0 Å². The van der Waals surface area contributed by atoms with Crippen LogP contribution in [0.5, 0.6) is 5.75 Å². The fraction of sp³-hybridized carbons (Fsp3) is 0.423. The molecule has 4 heterocycles. The molecule has 0 unspecified atom stereocenters. The molecule has 2 N–H and O–H groups in total. The Kier molecular flexibility index (Phi) is 5.36. The topological polar surface area (TPSA) is 89.2 Å². The van der Waals surface area contributed by atoms with Crippen LogP contribution in [0.25, 0.3) is 21.8 Å². The standard InChI is InChI=1S/C26H31N7O2/c1-31-12-17-10-22(24(35-3)11-21(17)29-31)28-26(34)19-4-5-23(20-15-32(2)30-25(19)20)33-13-18(14-33)16-6-8-27-9-7-16/h4-5,10-12,15-16,18,27H,6-9,13-14H2,1-3H3,(H,28,34). The summed E-state index contributed by atoms with van der Waals surface area (Å²) >= 11 is 0. The Bertz CT molecular complexity index is 1410. The number of aromatic nitrogens is 4. The highest BCUT2D eigenvalue weighted by atomic mass is 16.5. The normalized spacial score (nSPS) is 17.2. The Morgan fingerprint density at radius 2 is 1.83 bits per heavy atom. The van der Waals surface area contributed by atoms with Gasteiger partial charge in [-0.1, -0.05) is 0 Å². The summed E-state index contributed by atoms with van der Waals surface area (Å²) in [5.41, 5.74) is 3.85. The zero-order valence-corrected chi connectivity index (χ0v) is 20.4. The molecule has 9 nitrogen and oxygen atoms in total. The number of piperidine rings is 1. The van der Waals surface area contributed by atoms with Gasteiger partial charge in [0.05, 0.1) is 23.9 Å². The van der Waals surface area contributed by atoms with Gasteiger partial charge in [-0.05, 0) is 56.0 Å². The average Bonchev–Trinajstić information content (AvgIpc) is 3.39. The fourth-order valence-corrected chi connectivity index (χ4v) is 5.62. The minimum atomic E-state index is -0.210. The van der Waals surface area contributed by atoms with Crippen molar-refractivity contribution < 1.29 is 9.53 Å². The van der Waals surface area contributed by atoms with Crippen LogP contribution in [0.4, 0.5) is 11.4 Å². The van der Waals surface area contributed by atoms with E-state index in [9.17, 15) is 4.79 Å². The number of methoxy groups -OCH3 is 1.